The summed E-state index contributed by atoms with van der Waals surface area (Å²) in [4.78, 5) is 2.58. The van der Waals surface area contributed by atoms with Gasteiger partial charge in [0.05, 0.1) is 15.9 Å². The SMILES string of the molecule is CCc1nn(CC)c(CN2CCSC(CC)C2)c1Br. The van der Waals surface area contributed by atoms with E-state index in [4.69, 9.17) is 0 Å². The lowest BCUT2D eigenvalue weighted by molar-refractivity contribution is 0.264. The van der Waals surface area contributed by atoms with Crippen molar-refractivity contribution in [2.24, 2.45) is 0 Å². The number of hydrogen-bond acceptors (Lipinski definition) is 3. The van der Waals surface area contributed by atoms with Crippen LogP contribution in [0, 0.1) is 0 Å². The molecular formula is C14H24BrN3S. The minimum absolute atomic E-state index is 0.802. The molecule has 19 heavy (non-hydrogen) atoms. The molecule has 1 atom stereocenters. The second-order valence-electron chi connectivity index (χ2n) is 5.01. The van der Waals surface area contributed by atoms with Crippen LogP contribution in [0.1, 0.15) is 38.6 Å². The second-order valence-corrected chi connectivity index (χ2v) is 7.21. The van der Waals surface area contributed by atoms with Crippen LogP contribution in [0.3, 0.4) is 0 Å². The van der Waals surface area contributed by atoms with Crippen LogP contribution in [0.2, 0.25) is 0 Å². The molecule has 0 saturated carbocycles. The largest absolute Gasteiger partial charge is 0.296 e. The summed E-state index contributed by atoms with van der Waals surface area (Å²) in [5.41, 5.74) is 2.54. The van der Waals surface area contributed by atoms with Crippen molar-refractivity contribution in [2.75, 3.05) is 18.8 Å². The molecule has 1 unspecified atom stereocenters. The second kappa shape index (κ2) is 7.14. The van der Waals surface area contributed by atoms with Crippen molar-refractivity contribution in [2.45, 2.75) is 52.0 Å². The van der Waals surface area contributed by atoms with Crippen LogP contribution in [-0.2, 0) is 19.5 Å². The predicted octanol–water partition coefficient (Wildman–Crippen LogP) is 3.56. The zero-order valence-electron chi connectivity index (χ0n) is 12.2. The third-order valence-electron chi connectivity index (χ3n) is 3.75. The summed E-state index contributed by atoms with van der Waals surface area (Å²) < 4.78 is 3.38. The van der Waals surface area contributed by atoms with Gasteiger partial charge >= 0.3 is 0 Å². The fourth-order valence-electron chi connectivity index (χ4n) is 2.55. The van der Waals surface area contributed by atoms with Gasteiger partial charge in [-0.1, -0.05) is 13.8 Å². The first kappa shape index (κ1) is 15.4. The molecule has 108 valence electrons. The average Bonchev–Trinajstić information content (AvgIpc) is 2.75. The van der Waals surface area contributed by atoms with Gasteiger partial charge in [0.25, 0.3) is 0 Å². The molecule has 1 aromatic heterocycles. The van der Waals surface area contributed by atoms with E-state index >= 15 is 0 Å². The quantitative estimate of drug-likeness (QED) is 0.814. The van der Waals surface area contributed by atoms with E-state index in [1.807, 2.05) is 0 Å². The molecular weight excluding hydrogens is 322 g/mol. The summed E-state index contributed by atoms with van der Waals surface area (Å²) in [6.45, 7) is 11.0. The van der Waals surface area contributed by atoms with E-state index in [1.165, 1.54) is 41.1 Å². The Morgan fingerprint density at radius 3 is 2.79 bits per heavy atom. The minimum atomic E-state index is 0.802. The summed E-state index contributed by atoms with van der Waals surface area (Å²) in [5, 5.41) is 5.49. The van der Waals surface area contributed by atoms with Gasteiger partial charge in [-0.05, 0) is 35.7 Å². The lowest BCUT2D eigenvalue weighted by Crippen LogP contribution is -2.37. The van der Waals surface area contributed by atoms with E-state index in [2.05, 4.69) is 63.1 Å². The van der Waals surface area contributed by atoms with Gasteiger partial charge in [0, 0.05) is 37.2 Å². The first-order chi connectivity index (χ1) is 9.19. The van der Waals surface area contributed by atoms with Crippen molar-refractivity contribution in [1.82, 2.24) is 14.7 Å². The van der Waals surface area contributed by atoms with Crippen molar-refractivity contribution in [3.8, 4) is 0 Å². The lowest BCUT2D eigenvalue weighted by Gasteiger charge is -2.31. The summed E-state index contributed by atoms with van der Waals surface area (Å²) in [5.74, 6) is 1.26. The summed E-state index contributed by atoms with van der Waals surface area (Å²) >= 11 is 5.87. The summed E-state index contributed by atoms with van der Waals surface area (Å²) in [6.07, 6.45) is 2.27. The van der Waals surface area contributed by atoms with E-state index in [1.54, 1.807) is 0 Å². The van der Waals surface area contributed by atoms with Gasteiger partial charge in [-0.2, -0.15) is 16.9 Å². The Balaban J connectivity index is 2.11. The van der Waals surface area contributed by atoms with Gasteiger partial charge in [-0.3, -0.25) is 9.58 Å². The van der Waals surface area contributed by atoms with Gasteiger partial charge < -0.3 is 0 Å². The number of halogens is 1. The first-order valence-electron chi connectivity index (χ1n) is 7.27. The molecule has 1 aliphatic rings. The standard InChI is InChI=1S/C14H24BrN3S/c1-4-11-9-17(7-8-19-11)10-13-14(15)12(5-2)16-18(13)6-3/h11H,4-10H2,1-3H3. The molecule has 3 nitrogen and oxygen atoms in total. The van der Waals surface area contributed by atoms with Gasteiger partial charge in [0.1, 0.15) is 0 Å². The van der Waals surface area contributed by atoms with Gasteiger partial charge in [0.2, 0.25) is 0 Å². The third kappa shape index (κ3) is 3.56. The average molecular weight is 346 g/mol. The molecule has 2 heterocycles. The minimum Gasteiger partial charge on any atom is -0.296 e. The van der Waals surface area contributed by atoms with Crippen LogP contribution in [-0.4, -0.2) is 38.8 Å². The number of thioether (sulfide) groups is 1. The molecule has 0 aromatic carbocycles. The van der Waals surface area contributed by atoms with E-state index in [0.717, 1.165) is 24.8 Å². The molecule has 0 amide bonds. The van der Waals surface area contributed by atoms with Crippen LogP contribution in [0.15, 0.2) is 4.47 Å². The van der Waals surface area contributed by atoms with Crippen LogP contribution < -0.4 is 0 Å². The smallest absolute Gasteiger partial charge is 0.0767 e. The topological polar surface area (TPSA) is 21.1 Å². The normalized spacial score (nSPS) is 20.9. The molecule has 2 rings (SSSR count). The highest BCUT2D eigenvalue weighted by molar-refractivity contribution is 9.10. The molecule has 1 fully saturated rings. The van der Waals surface area contributed by atoms with Gasteiger partial charge in [-0.15, -0.1) is 0 Å². The van der Waals surface area contributed by atoms with Gasteiger partial charge in [0.15, 0.2) is 0 Å². The Morgan fingerprint density at radius 1 is 1.37 bits per heavy atom. The maximum absolute atomic E-state index is 4.69. The Hall–Kier alpha value is -0.000000000000000111. The number of hydrogen-bond donors (Lipinski definition) is 0. The van der Waals surface area contributed by atoms with Crippen LogP contribution in [0.4, 0.5) is 0 Å². The number of nitrogens with zero attached hydrogens (tertiary/aromatic N) is 3. The maximum atomic E-state index is 4.69. The van der Waals surface area contributed by atoms with Gasteiger partial charge in [-0.25, -0.2) is 0 Å². The molecule has 0 bridgehead atoms. The zero-order chi connectivity index (χ0) is 13.8. The predicted molar refractivity (Wildman–Crippen MR) is 86.8 cm³/mol. The van der Waals surface area contributed by atoms with E-state index in [-0.39, 0.29) is 0 Å². The summed E-state index contributed by atoms with van der Waals surface area (Å²) in [7, 11) is 0. The number of aromatic nitrogens is 2. The van der Waals surface area contributed by atoms with Crippen molar-refractivity contribution < 1.29 is 0 Å². The van der Waals surface area contributed by atoms with Crippen LogP contribution in [0.25, 0.3) is 0 Å². The van der Waals surface area contributed by atoms with Crippen molar-refractivity contribution >= 4 is 27.7 Å². The van der Waals surface area contributed by atoms with Crippen LogP contribution in [0.5, 0.6) is 0 Å². The Bertz CT molecular complexity index is 419. The Kier molecular flexibility index (Phi) is 5.78. The lowest BCUT2D eigenvalue weighted by atomic mass is 10.2. The third-order valence-corrected chi connectivity index (χ3v) is 6.03. The molecule has 5 heteroatoms. The van der Waals surface area contributed by atoms with E-state index in [0.29, 0.717) is 0 Å². The van der Waals surface area contributed by atoms with Crippen molar-refractivity contribution in [3.63, 3.8) is 0 Å². The fourth-order valence-corrected chi connectivity index (χ4v) is 4.49. The molecule has 0 radical (unpaired) electrons. The molecule has 0 spiro atoms. The molecule has 1 aromatic rings. The van der Waals surface area contributed by atoms with Crippen molar-refractivity contribution in [3.05, 3.63) is 15.9 Å². The highest BCUT2D eigenvalue weighted by atomic mass is 79.9. The maximum Gasteiger partial charge on any atom is 0.0767 e. The van der Waals surface area contributed by atoms with E-state index < -0.39 is 0 Å². The van der Waals surface area contributed by atoms with Crippen molar-refractivity contribution in [1.29, 1.82) is 0 Å². The molecule has 1 saturated heterocycles. The molecule has 1 aliphatic heterocycles. The zero-order valence-corrected chi connectivity index (χ0v) is 14.6. The Labute approximate surface area is 129 Å². The molecule has 0 N–H and O–H groups in total. The fraction of sp³-hybridized carbons (Fsp3) is 0.786. The highest BCUT2D eigenvalue weighted by Gasteiger charge is 2.22. The monoisotopic (exact) mass is 345 g/mol. The molecule has 0 aliphatic carbocycles. The summed E-state index contributed by atoms with van der Waals surface area (Å²) in [6, 6.07) is 0. The first-order valence-corrected chi connectivity index (χ1v) is 9.11. The number of rotatable bonds is 5. The number of aryl methyl sites for hydroxylation is 2. The van der Waals surface area contributed by atoms with Crippen LogP contribution >= 0.6 is 27.7 Å². The highest BCUT2D eigenvalue weighted by Crippen LogP contribution is 2.27. The Morgan fingerprint density at radius 2 is 2.16 bits per heavy atom. The van der Waals surface area contributed by atoms with E-state index in [9.17, 15) is 0 Å².